The third kappa shape index (κ3) is 6.88. The molecule has 1 aromatic heterocycles. The Balaban J connectivity index is 1.10. The van der Waals surface area contributed by atoms with Crippen LogP contribution in [0.1, 0.15) is 35.4 Å². The molecule has 5 heterocycles. The van der Waals surface area contributed by atoms with Crippen LogP contribution in [0.25, 0.3) is 0 Å². The van der Waals surface area contributed by atoms with Gasteiger partial charge in [0.05, 0.1) is 0 Å². The fraction of sp³-hybridized carbons (Fsp3) is 0.256. The lowest BCUT2D eigenvalue weighted by molar-refractivity contribution is -0.148. The third-order valence-electron chi connectivity index (χ3n) is 10.1. The maximum Gasteiger partial charge on any atom is 0.512 e. The van der Waals surface area contributed by atoms with Crippen molar-refractivity contribution >= 4 is 58.0 Å². The van der Waals surface area contributed by atoms with Crippen LogP contribution >= 0.6 is 23.3 Å². The number of carbonyl (C=O) groups is 4. The number of nitrogens with two attached hydrogens (primary N) is 1. The molecule has 5 N–H and O–H groups in total. The van der Waals surface area contributed by atoms with Crippen LogP contribution in [-0.4, -0.2) is 96.7 Å². The van der Waals surface area contributed by atoms with Crippen LogP contribution in [0.15, 0.2) is 119 Å². The number of allylic oxidation sites excluding steroid dienone is 1. The van der Waals surface area contributed by atoms with E-state index in [0.29, 0.717) is 24.1 Å². The van der Waals surface area contributed by atoms with E-state index < -0.39 is 35.0 Å². The van der Waals surface area contributed by atoms with E-state index in [1.807, 2.05) is 95.9 Å². The van der Waals surface area contributed by atoms with Crippen LogP contribution in [-0.2, 0) is 29.6 Å². The van der Waals surface area contributed by atoms with Crippen LogP contribution in [0.3, 0.4) is 0 Å². The van der Waals surface area contributed by atoms with Gasteiger partial charge in [-0.05, 0) is 25.5 Å². The van der Waals surface area contributed by atoms with Crippen LogP contribution in [0.4, 0.5) is 9.93 Å². The number of nitrogen functional groups attached to an aromatic ring is 1. The zero-order valence-corrected chi connectivity index (χ0v) is 31.4. The Labute approximate surface area is 329 Å². The Hall–Kier alpha value is -6.04. The van der Waals surface area contributed by atoms with Gasteiger partial charge in [0.25, 0.3) is 11.8 Å². The van der Waals surface area contributed by atoms with Crippen molar-refractivity contribution in [1.29, 1.82) is 0 Å². The molecule has 0 radical (unpaired) electrons. The van der Waals surface area contributed by atoms with Gasteiger partial charge in [-0.2, -0.15) is 9.36 Å². The first-order valence-electron chi connectivity index (χ1n) is 17.9. The van der Waals surface area contributed by atoms with Crippen LogP contribution in [0.5, 0.6) is 0 Å². The molecule has 0 unspecified atom stereocenters. The van der Waals surface area contributed by atoms with E-state index in [1.165, 1.54) is 16.7 Å². The molecule has 3 atom stereocenters. The van der Waals surface area contributed by atoms with Crippen molar-refractivity contribution in [2.75, 3.05) is 31.1 Å². The monoisotopic (exact) mass is 792 g/mol. The van der Waals surface area contributed by atoms with E-state index in [9.17, 15) is 24.3 Å². The van der Waals surface area contributed by atoms with Gasteiger partial charge >= 0.3 is 6.16 Å². The molecule has 4 aromatic rings. The van der Waals surface area contributed by atoms with Crippen LogP contribution in [0, 0.1) is 0 Å². The number of hydrogen-bond acceptors (Lipinski definition) is 13. The molecule has 0 bridgehead atoms. The highest BCUT2D eigenvalue weighted by molar-refractivity contribution is 8.00. The number of anilines is 1. The van der Waals surface area contributed by atoms with Crippen molar-refractivity contribution in [1.82, 2.24) is 29.8 Å². The first kappa shape index (κ1) is 36.9. The number of aromatic nitrogens is 2. The Bertz CT molecular complexity index is 2150. The fourth-order valence-electron chi connectivity index (χ4n) is 7.42. The molecule has 3 amide bonds. The summed E-state index contributed by atoms with van der Waals surface area (Å²) in [7, 11) is 0. The quantitative estimate of drug-likeness (QED) is 0.0430. The van der Waals surface area contributed by atoms with E-state index >= 15 is 0 Å². The zero-order chi connectivity index (χ0) is 38.8. The highest BCUT2D eigenvalue weighted by Gasteiger charge is 2.54. The summed E-state index contributed by atoms with van der Waals surface area (Å²) in [6, 6.07) is 27.3. The number of carboxylic acid groups (broad SMARTS) is 1. The number of ether oxygens (including phenoxy) is 1. The smallest absolute Gasteiger partial charge is 0.449 e. The SMILES string of the molecule is Nc1nc(/C(=N/OC(c2ccccc2)(c2ccccc2)c2ccccc2)C(=O)N[C@@H]2C(=O)N3C(OC(=O)O)=C(/C=C4\CCN([C@@H]5CCNC5)C4=O)CS[C@H]23)ns1. The van der Waals surface area contributed by atoms with Crippen molar-refractivity contribution < 1.29 is 33.9 Å². The Kier molecular flexibility index (Phi) is 10.3. The number of amides is 3. The van der Waals surface area contributed by atoms with Gasteiger partial charge in [-0.15, -0.1) is 11.8 Å². The summed E-state index contributed by atoms with van der Waals surface area (Å²) in [5.41, 5.74) is 7.35. The number of oxime groups is 1. The van der Waals surface area contributed by atoms with E-state index in [0.717, 1.165) is 47.7 Å². The number of rotatable bonds is 11. The largest absolute Gasteiger partial charge is 0.512 e. The van der Waals surface area contributed by atoms with Crippen molar-refractivity contribution in [3.05, 3.63) is 137 Å². The predicted molar refractivity (Wildman–Crippen MR) is 208 cm³/mol. The van der Waals surface area contributed by atoms with Crippen molar-refractivity contribution in [2.24, 2.45) is 5.16 Å². The molecule has 17 heteroatoms. The van der Waals surface area contributed by atoms with E-state index in [-0.39, 0.29) is 40.3 Å². The summed E-state index contributed by atoms with van der Waals surface area (Å²) in [6.45, 7) is 2.12. The van der Waals surface area contributed by atoms with Gasteiger partial charge in [0.2, 0.25) is 28.9 Å². The molecule has 8 rings (SSSR count). The first-order valence-corrected chi connectivity index (χ1v) is 19.7. The van der Waals surface area contributed by atoms with Crippen molar-refractivity contribution in [2.45, 2.75) is 35.9 Å². The maximum atomic E-state index is 14.2. The lowest BCUT2D eigenvalue weighted by Crippen LogP contribution is -2.70. The zero-order valence-electron chi connectivity index (χ0n) is 29.7. The third-order valence-corrected chi connectivity index (χ3v) is 11.9. The molecule has 3 aromatic carbocycles. The van der Waals surface area contributed by atoms with Crippen molar-refractivity contribution in [3.8, 4) is 0 Å². The highest BCUT2D eigenvalue weighted by atomic mass is 32.2. The standard InChI is InChI=1S/C39H36N8O7S2/c40-37-43-31(45-56-37)29(44-54-39(25-10-4-1-5-11-25,26-12-6-2-7-13-26)27-14-8-3-9-15-27)32(48)42-30-34(50)47-35(53-38(51)52)24(22-55-36(30)47)20-23-17-19-46(33(23)49)28-16-18-41-21-28/h1-15,20,28,30,36,41H,16-19,21-22H2,(H,42,48)(H,51,52)(H2,40,43,45)/b23-20+,44-29-/t28-,30-,36-/m1/s1. The molecule has 4 aliphatic heterocycles. The molecule has 0 aliphatic carbocycles. The maximum absolute atomic E-state index is 14.2. The highest BCUT2D eigenvalue weighted by Crippen LogP contribution is 2.43. The fourth-order valence-corrected chi connectivity index (χ4v) is 9.14. The molecule has 56 heavy (non-hydrogen) atoms. The summed E-state index contributed by atoms with van der Waals surface area (Å²) < 4.78 is 9.42. The number of carbonyl (C=O) groups excluding carboxylic acids is 3. The second kappa shape index (κ2) is 15.6. The van der Waals surface area contributed by atoms with Crippen molar-refractivity contribution in [3.63, 3.8) is 0 Å². The second-order valence-corrected chi connectivity index (χ2v) is 15.3. The Morgan fingerprint density at radius 1 is 1.00 bits per heavy atom. The van der Waals surface area contributed by atoms with E-state index in [4.69, 9.17) is 15.3 Å². The van der Waals surface area contributed by atoms with Gasteiger partial charge in [-0.25, -0.2) is 4.79 Å². The Morgan fingerprint density at radius 3 is 2.20 bits per heavy atom. The summed E-state index contributed by atoms with van der Waals surface area (Å²) in [5, 5.41) is 19.5. The molecule has 3 fully saturated rings. The minimum Gasteiger partial charge on any atom is -0.449 e. The normalized spacial score (nSPS) is 21.9. The summed E-state index contributed by atoms with van der Waals surface area (Å²) in [4.78, 5) is 67.0. The van der Waals surface area contributed by atoms with Gasteiger partial charge in [-0.3, -0.25) is 19.3 Å². The Morgan fingerprint density at radius 2 is 1.64 bits per heavy atom. The first-order chi connectivity index (χ1) is 27.2. The molecule has 0 saturated carbocycles. The number of nitrogens with zero attached hydrogens (tertiary/aromatic N) is 5. The van der Waals surface area contributed by atoms with Gasteiger partial charge in [0, 0.05) is 64.3 Å². The summed E-state index contributed by atoms with van der Waals surface area (Å²) in [6.07, 6.45) is 1.36. The minimum absolute atomic E-state index is 0.0840. The summed E-state index contributed by atoms with van der Waals surface area (Å²) in [5.74, 6) is -1.64. The average Bonchev–Trinajstić information content (AvgIpc) is 3.99. The number of hydrogen-bond donors (Lipinski definition) is 4. The number of likely N-dealkylation sites (tertiary alicyclic amines) is 1. The summed E-state index contributed by atoms with van der Waals surface area (Å²) >= 11 is 2.16. The number of β-lactam (4-membered cyclic amide) rings is 1. The average molecular weight is 793 g/mol. The molecular formula is C39H36N8O7S2. The minimum atomic E-state index is -1.62. The number of fused-ring (bicyclic) bond motifs is 1. The second-order valence-electron chi connectivity index (χ2n) is 13.4. The molecular weight excluding hydrogens is 757 g/mol. The lowest BCUT2D eigenvalue weighted by atomic mass is 9.80. The molecule has 15 nitrogen and oxygen atoms in total. The van der Waals surface area contributed by atoms with E-state index in [1.54, 1.807) is 6.08 Å². The molecule has 3 saturated heterocycles. The topological polar surface area (TPSA) is 202 Å². The van der Waals surface area contributed by atoms with Gasteiger partial charge in [-0.1, -0.05) is 96.2 Å². The molecule has 0 spiro atoms. The van der Waals surface area contributed by atoms with Crippen LogP contribution < -0.4 is 16.4 Å². The number of thioether (sulfide) groups is 1. The van der Waals surface area contributed by atoms with Gasteiger partial charge in [0.1, 0.15) is 11.4 Å². The van der Waals surface area contributed by atoms with E-state index in [2.05, 4.69) is 25.1 Å². The molecule has 4 aliphatic rings. The van der Waals surface area contributed by atoms with Crippen LogP contribution in [0.2, 0.25) is 0 Å². The molecule has 286 valence electrons. The number of benzene rings is 3. The van der Waals surface area contributed by atoms with Gasteiger partial charge < -0.3 is 35.9 Å². The lowest BCUT2D eigenvalue weighted by Gasteiger charge is -2.48. The predicted octanol–water partition coefficient (Wildman–Crippen LogP) is 3.66. The number of nitrogens with one attached hydrogen (secondary N) is 2. The van der Waals surface area contributed by atoms with Gasteiger partial charge in [0.15, 0.2) is 5.13 Å².